The summed E-state index contributed by atoms with van der Waals surface area (Å²) in [6.45, 7) is 2.64. The summed E-state index contributed by atoms with van der Waals surface area (Å²) in [5.74, 6) is 1.48. The van der Waals surface area contributed by atoms with Gasteiger partial charge in [0.2, 0.25) is 0 Å². The number of nitrogens with one attached hydrogen (secondary N) is 3. The molecule has 0 unspecified atom stereocenters. The highest BCUT2D eigenvalue weighted by atomic mass is 16.6. The van der Waals surface area contributed by atoms with Crippen LogP contribution in [0.5, 0.6) is 0 Å². The number of hydrogen-bond donors (Lipinski definition) is 3. The summed E-state index contributed by atoms with van der Waals surface area (Å²) in [4.78, 5) is 16.9. The van der Waals surface area contributed by atoms with Crippen LogP contribution in [-0.2, 0) is 21.5 Å². The maximum absolute atomic E-state index is 12.2. The zero-order valence-corrected chi connectivity index (χ0v) is 15.9. The Bertz CT molecular complexity index is 878. The number of aromatic nitrogens is 3. The molecule has 2 saturated carbocycles. The van der Waals surface area contributed by atoms with E-state index in [1.54, 1.807) is 0 Å². The molecule has 2 atom stereocenters. The number of alkyl carbamates (subject to hydrolysis) is 1. The maximum Gasteiger partial charge on any atom is 0.407 e. The topological polar surface area (TPSA) is 101 Å². The number of carbonyl (C=O) groups excluding carboxylic acids is 1. The van der Waals surface area contributed by atoms with Crippen LogP contribution >= 0.6 is 0 Å². The fourth-order valence-corrected chi connectivity index (χ4v) is 4.36. The van der Waals surface area contributed by atoms with Gasteiger partial charge in [-0.1, -0.05) is 13.0 Å². The summed E-state index contributed by atoms with van der Waals surface area (Å²) < 4.78 is 11.6. The van der Waals surface area contributed by atoms with Gasteiger partial charge in [-0.05, 0) is 44.2 Å². The molecule has 6 rings (SSSR count). The lowest BCUT2D eigenvalue weighted by molar-refractivity contribution is -0.0283. The number of fused-ring (bicyclic) bond motifs is 3. The SMILES string of the molecule is C[C@]12CC[C@H](C1)OC(=O)N[C@H]1C[C@@H](C1)OCc1cccc(n1)Nc1cc2[nH]n1. The smallest absolute Gasteiger partial charge is 0.407 e. The van der Waals surface area contributed by atoms with Crippen LogP contribution in [0.25, 0.3) is 0 Å². The van der Waals surface area contributed by atoms with Crippen LogP contribution < -0.4 is 10.6 Å². The molecule has 2 aromatic rings. The lowest BCUT2D eigenvalue weighted by atomic mass is 9.85. The highest BCUT2D eigenvalue weighted by Gasteiger charge is 2.40. The van der Waals surface area contributed by atoms with Crippen molar-refractivity contribution >= 4 is 17.7 Å². The van der Waals surface area contributed by atoms with E-state index in [-0.39, 0.29) is 29.8 Å². The van der Waals surface area contributed by atoms with Crippen molar-refractivity contribution in [1.29, 1.82) is 0 Å². The number of anilines is 2. The van der Waals surface area contributed by atoms with Gasteiger partial charge >= 0.3 is 6.09 Å². The first-order valence-corrected chi connectivity index (χ1v) is 9.93. The molecule has 8 bridgehead atoms. The minimum absolute atomic E-state index is 0.0749. The van der Waals surface area contributed by atoms with Crippen molar-refractivity contribution < 1.29 is 14.3 Å². The summed E-state index contributed by atoms with van der Waals surface area (Å²) in [6, 6.07) is 7.98. The van der Waals surface area contributed by atoms with Crippen LogP contribution in [-0.4, -0.2) is 39.5 Å². The number of ether oxygens (including phenoxy) is 2. The molecular weight excluding hydrogens is 358 g/mol. The molecule has 0 spiro atoms. The molecule has 2 aliphatic carbocycles. The average molecular weight is 383 g/mol. The number of aromatic amines is 1. The number of carbonyl (C=O) groups is 1. The second kappa shape index (κ2) is 6.77. The molecule has 148 valence electrons. The normalized spacial score (nSPS) is 32.2. The van der Waals surface area contributed by atoms with Gasteiger partial charge in [0.1, 0.15) is 11.9 Å². The lowest BCUT2D eigenvalue weighted by Crippen LogP contribution is -2.48. The molecule has 1 amide bonds. The Kier molecular flexibility index (Phi) is 4.23. The van der Waals surface area contributed by atoms with Gasteiger partial charge < -0.3 is 20.1 Å². The van der Waals surface area contributed by atoms with Gasteiger partial charge in [0, 0.05) is 23.2 Å². The fourth-order valence-electron chi connectivity index (χ4n) is 4.36. The fraction of sp³-hybridized carbons (Fsp3) is 0.550. The van der Waals surface area contributed by atoms with Crippen LogP contribution in [0.15, 0.2) is 24.3 Å². The molecule has 28 heavy (non-hydrogen) atoms. The molecule has 2 aromatic heterocycles. The minimum Gasteiger partial charge on any atom is -0.446 e. The largest absolute Gasteiger partial charge is 0.446 e. The molecule has 4 heterocycles. The van der Waals surface area contributed by atoms with Crippen LogP contribution in [0.3, 0.4) is 0 Å². The Balaban J connectivity index is 1.40. The lowest BCUT2D eigenvalue weighted by Gasteiger charge is -2.35. The van der Waals surface area contributed by atoms with Crippen molar-refractivity contribution in [3.05, 3.63) is 35.7 Å². The minimum atomic E-state index is -0.319. The van der Waals surface area contributed by atoms with Crippen molar-refractivity contribution in [2.45, 2.75) is 69.3 Å². The first-order valence-electron chi connectivity index (χ1n) is 9.93. The van der Waals surface area contributed by atoms with Crippen molar-refractivity contribution in [3.63, 3.8) is 0 Å². The first-order chi connectivity index (χ1) is 13.6. The number of rotatable bonds is 0. The second-order valence-corrected chi connectivity index (χ2v) is 8.38. The predicted octanol–water partition coefficient (Wildman–Crippen LogP) is 3.15. The molecule has 0 aromatic carbocycles. The van der Waals surface area contributed by atoms with Crippen LogP contribution in [0.2, 0.25) is 0 Å². The van der Waals surface area contributed by atoms with Crippen LogP contribution in [0.1, 0.15) is 50.4 Å². The van der Waals surface area contributed by atoms with E-state index >= 15 is 0 Å². The third kappa shape index (κ3) is 3.44. The van der Waals surface area contributed by atoms with Crippen molar-refractivity contribution in [2.24, 2.45) is 0 Å². The first kappa shape index (κ1) is 17.5. The van der Waals surface area contributed by atoms with Gasteiger partial charge in [-0.15, -0.1) is 0 Å². The van der Waals surface area contributed by atoms with Gasteiger partial charge in [-0.3, -0.25) is 5.10 Å². The number of H-pyrrole nitrogens is 1. The zero-order valence-electron chi connectivity index (χ0n) is 15.9. The molecule has 3 N–H and O–H groups in total. The van der Waals surface area contributed by atoms with E-state index < -0.39 is 0 Å². The number of nitrogens with zero attached hydrogens (tertiary/aromatic N) is 2. The zero-order chi connectivity index (χ0) is 19.1. The van der Waals surface area contributed by atoms with Gasteiger partial charge in [0.25, 0.3) is 0 Å². The number of amides is 1. The monoisotopic (exact) mass is 383 g/mol. The summed E-state index contributed by atoms with van der Waals surface area (Å²) >= 11 is 0. The number of hydrogen-bond acceptors (Lipinski definition) is 6. The van der Waals surface area contributed by atoms with Gasteiger partial charge in [-0.2, -0.15) is 5.10 Å². The van der Waals surface area contributed by atoms with E-state index in [2.05, 4.69) is 32.7 Å². The average Bonchev–Trinajstić information content (AvgIpc) is 3.24. The number of pyridine rings is 1. The van der Waals surface area contributed by atoms with E-state index in [0.717, 1.165) is 55.1 Å². The van der Waals surface area contributed by atoms with Crippen molar-refractivity contribution in [2.75, 3.05) is 5.32 Å². The van der Waals surface area contributed by atoms with Gasteiger partial charge in [0.05, 0.1) is 18.4 Å². The van der Waals surface area contributed by atoms with E-state index in [1.807, 2.05) is 24.3 Å². The molecule has 2 fully saturated rings. The quantitative estimate of drug-likeness (QED) is 0.646. The molecule has 4 aliphatic rings. The molecule has 0 saturated heterocycles. The van der Waals surface area contributed by atoms with Crippen molar-refractivity contribution in [3.8, 4) is 0 Å². The van der Waals surface area contributed by atoms with Crippen LogP contribution in [0, 0.1) is 0 Å². The molecule has 0 radical (unpaired) electrons. The highest BCUT2D eigenvalue weighted by Crippen LogP contribution is 2.42. The summed E-state index contributed by atoms with van der Waals surface area (Å²) in [7, 11) is 0. The summed E-state index contributed by atoms with van der Waals surface area (Å²) in [5.41, 5.74) is 1.82. The Labute approximate surface area is 163 Å². The van der Waals surface area contributed by atoms with Crippen LogP contribution in [0.4, 0.5) is 16.4 Å². The van der Waals surface area contributed by atoms with E-state index in [9.17, 15) is 4.79 Å². The Morgan fingerprint density at radius 1 is 1.21 bits per heavy atom. The third-order valence-corrected chi connectivity index (χ3v) is 6.14. The van der Waals surface area contributed by atoms with E-state index in [0.29, 0.717) is 6.61 Å². The molecule has 8 nitrogen and oxygen atoms in total. The molecule has 8 heteroatoms. The van der Waals surface area contributed by atoms with E-state index in [1.165, 1.54) is 0 Å². The Hall–Kier alpha value is -2.61. The van der Waals surface area contributed by atoms with Crippen molar-refractivity contribution in [1.82, 2.24) is 20.5 Å². The van der Waals surface area contributed by atoms with E-state index in [4.69, 9.17) is 9.47 Å². The third-order valence-electron chi connectivity index (χ3n) is 6.14. The second-order valence-electron chi connectivity index (χ2n) is 8.38. The Morgan fingerprint density at radius 3 is 3.00 bits per heavy atom. The molecular formula is C20H25N5O3. The maximum atomic E-state index is 12.2. The molecule has 2 aliphatic heterocycles. The predicted molar refractivity (Wildman–Crippen MR) is 102 cm³/mol. The van der Waals surface area contributed by atoms with Gasteiger partial charge in [0.15, 0.2) is 5.82 Å². The summed E-state index contributed by atoms with van der Waals surface area (Å²) in [5, 5.41) is 13.8. The summed E-state index contributed by atoms with van der Waals surface area (Å²) in [6.07, 6.45) is 3.95. The highest BCUT2D eigenvalue weighted by molar-refractivity contribution is 5.68. The van der Waals surface area contributed by atoms with Gasteiger partial charge in [-0.25, -0.2) is 9.78 Å². The standard InChI is InChI=1S/C20H25N5O3/c1-20-6-5-14(10-20)28-19(26)22-13-7-15(8-13)27-11-12-3-2-4-17(21-12)23-18-9-16(20)24-25-18/h2-4,9,13-15H,5-8,10-11H2,1H3,(H,22,26)(H2,21,23,24,25)/t13-,14-,15-,20+/m1/s1. The Morgan fingerprint density at radius 2 is 2.11 bits per heavy atom.